The molecule has 0 bridgehead atoms. The van der Waals surface area contributed by atoms with Crippen LogP contribution in [0.1, 0.15) is 11.1 Å². The highest BCUT2D eigenvalue weighted by Gasteiger charge is 2.05. The Kier molecular flexibility index (Phi) is 7.40. The molecule has 10 nitrogen and oxygen atoms in total. The molecule has 0 aliphatic rings. The Morgan fingerprint density at radius 2 is 1.21 bits per heavy atom. The summed E-state index contributed by atoms with van der Waals surface area (Å²) < 4.78 is 10.9. The number of nitrogens with zero attached hydrogens (tertiary/aromatic N) is 2. The lowest BCUT2D eigenvalue weighted by Gasteiger charge is -2.08. The number of nitrogens with one attached hydrogen (secondary N) is 4. The summed E-state index contributed by atoms with van der Waals surface area (Å²) in [6, 6.07) is 22.1. The molecule has 0 aliphatic heterocycles. The van der Waals surface area contributed by atoms with Crippen molar-refractivity contribution in [3.8, 4) is 11.5 Å². The molecule has 0 aliphatic carbocycles. The fraction of sp³-hybridized carbons (Fsp3) is 0.0714. The molecule has 0 saturated carbocycles. The van der Waals surface area contributed by atoms with Crippen molar-refractivity contribution in [2.75, 3.05) is 13.2 Å². The van der Waals surface area contributed by atoms with Crippen LogP contribution in [0.4, 0.5) is 0 Å². The van der Waals surface area contributed by atoms with Gasteiger partial charge in [0.05, 0.1) is 12.4 Å². The molecule has 2 heterocycles. The van der Waals surface area contributed by atoms with Crippen molar-refractivity contribution in [1.29, 1.82) is 0 Å². The number of hydrogen-bond acceptors (Lipinski definition) is 6. The molecule has 0 fully saturated rings. The summed E-state index contributed by atoms with van der Waals surface area (Å²) in [6.45, 7) is -0.407. The lowest BCUT2D eigenvalue weighted by atomic mass is 10.2. The average molecular weight is 509 g/mol. The van der Waals surface area contributed by atoms with Gasteiger partial charge in [0, 0.05) is 23.4 Å². The summed E-state index contributed by atoms with van der Waals surface area (Å²) in [5.41, 5.74) is 8.61. The van der Waals surface area contributed by atoms with E-state index in [0.717, 1.165) is 32.9 Å². The average Bonchev–Trinajstić information content (AvgIpc) is 3.60. The zero-order chi connectivity index (χ0) is 26.2. The minimum absolute atomic E-state index is 0.203. The maximum atomic E-state index is 12.0. The van der Waals surface area contributed by atoms with Crippen molar-refractivity contribution in [2.24, 2.45) is 10.2 Å². The number of aromatic nitrogens is 2. The Morgan fingerprint density at radius 3 is 1.87 bits per heavy atom. The van der Waals surface area contributed by atoms with Gasteiger partial charge in [-0.15, -0.1) is 0 Å². The van der Waals surface area contributed by atoms with Crippen LogP contribution in [0, 0.1) is 0 Å². The largest absolute Gasteiger partial charge is 0.484 e. The van der Waals surface area contributed by atoms with Gasteiger partial charge in [-0.3, -0.25) is 9.59 Å². The van der Waals surface area contributed by atoms with E-state index in [0.29, 0.717) is 11.5 Å². The van der Waals surface area contributed by atoms with Crippen LogP contribution < -0.4 is 20.3 Å². The van der Waals surface area contributed by atoms with Crippen LogP contribution >= 0.6 is 0 Å². The van der Waals surface area contributed by atoms with E-state index < -0.39 is 11.8 Å². The molecule has 0 radical (unpaired) electrons. The van der Waals surface area contributed by atoms with E-state index in [1.165, 1.54) is 0 Å². The number of hydrazone groups is 2. The summed E-state index contributed by atoms with van der Waals surface area (Å²) in [5.74, 6) is 0.159. The second kappa shape index (κ2) is 11.6. The molecule has 4 N–H and O–H groups in total. The van der Waals surface area contributed by atoms with Gasteiger partial charge in [0.2, 0.25) is 0 Å². The van der Waals surface area contributed by atoms with Crippen LogP contribution in [0.25, 0.3) is 21.8 Å². The lowest BCUT2D eigenvalue weighted by molar-refractivity contribution is -0.123. The van der Waals surface area contributed by atoms with E-state index in [1.54, 1.807) is 36.7 Å². The van der Waals surface area contributed by atoms with Gasteiger partial charge >= 0.3 is 0 Å². The Labute approximate surface area is 217 Å². The molecule has 190 valence electrons. The standard InChI is InChI=1S/C28H24N6O4/c35-27(33-31-15-19-2-8-25-22(13-19)10-12-29-25)17-37-23-4-6-24(7-5-23)38-18-28(36)34-32-16-20-1-3-21-9-11-30-26(21)14-20/h1-16,29-30H,17-18H2,(H,33,35)(H,34,36)/b31-15+,32-16+. The fourth-order valence-electron chi connectivity index (χ4n) is 3.65. The zero-order valence-electron chi connectivity index (χ0n) is 20.2. The summed E-state index contributed by atoms with van der Waals surface area (Å²) in [5, 5.41) is 10.1. The van der Waals surface area contributed by atoms with Crippen LogP contribution in [-0.4, -0.2) is 47.4 Å². The number of fused-ring (bicyclic) bond motifs is 2. The van der Waals surface area contributed by atoms with E-state index in [9.17, 15) is 9.59 Å². The monoisotopic (exact) mass is 508 g/mol. The number of aromatic amines is 2. The first-order valence-electron chi connectivity index (χ1n) is 11.8. The summed E-state index contributed by atoms with van der Waals surface area (Å²) in [7, 11) is 0. The number of carbonyl (C=O) groups is 2. The Balaban J connectivity index is 1.01. The number of carbonyl (C=O) groups excluding carboxylic acids is 2. The summed E-state index contributed by atoms with van der Waals surface area (Å²) in [6.07, 6.45) is 6.86. The van der Waals surface area contributed by atoms with Crippen molar-refractivity contribution in [2.45, 2.75) is 0 Å². The molecule has 3 aromatic carbocycles. The Hall–Kier alpha value is -5.38. The van der Waals surface area contributed by atoms with Crippen LogP contribution in [0.2, 0.25) is 0 Å². The third kappa shape index (κ3) is 6.43. The van der Waals surface area contributed by atoms with Gasteiger partial charge in [0.15, 0.2) is 13.2 Å². The molecule has 38 heavy (non-hydrogen) atoms. The second-order valence-electron chi connectivity index (χ2n) is 8.28. The van der Waals surface area contributed by atoms with Crippen molar-refractivity contribution < 1.29 is 19.1 Å². The molecular weight excluding hydrogens is 484 g/mol. The minimum Gasteiger partial charge on any atom is -0.484 e. The molecule has 0 spiro atoms. The number of hydrogen-bond donors (Lipinski definition) is 4. The first-order chi connectivity index (χ1) is 18.6. The summed E-state index contributed by atoms with van der Waals surface area (Å²) >= 11 is 0. The van der Waals surface area contributed by atoms with Gasteiger partial charge < -0.3 is 19.4 Å². The number of H-pyrrole nitrogens is 2. The van der Waals surface area contributed by atoms with Crippen molar-refractivity contribution in [3.63, 3.8) is 0 Å². The normalized spacial score (nSPS) is 11.4. The predicted octanol–water partition coefficient (Wildman–Crippen LogP) is 3.71. The molecular formula is C28H24N6O4. The van der Waals surface area contributed by atoms with Gasteiger partial charge in [-0.1, -0.05) is 18.2 Å². The number of benzene rings is 3. The third-order valence-corrected chi connectivity index (χ3v) is 5.53. The van der Waals surface area contributed by atoms with E-state index in [-0.39, 0.29) is 13.2 Å². The van der Waals surface area contributed by atoms with Gasteiger partial charge in [-0.25, -0.2) is 10.9 Å². The molecule has 0 unspecified atom stereocenters. The van der Waals surface area contributed by atoms with Gasteiger partial charge in [0.25, 0.3) is 11.8 Å². The lowest BCUT2D eigenvalue weighted by Crippen LogP contribution is -2.25. The second-order valence-corrected chi connectivity index (χ2v) is 8.28. The van der Waals surface area contributed by atoms with Gasteiger partial charge in [-0.2, -0.15) is 10.2 Å². The van der Waals surface area contributed by atoms with Crippen molar-refractivity contribution in [3.05, 3.63) is 96.3 Å². The Bertz CT molecular complexity index is 1500. The quantitative estimate of drug-likeness (QED) is 0.169. The summed E-state index contributed by atoms with van der Waals surface area (Å²) in [4.78, 5) is 30.3. The highest BCUT2D eigenvalue weighted by molar-refractivity contribution is 5.90. The van der Waals surface area contributed by atoms with Crippen molar-refractivity contribution >= 4 is 46.0 Å². The highest BCUT2D eigenvalue weighted by Crippen LogP contribution is 2.17. The van der Waals surface area contributed by atoms with E-state index in [4.69, 9.17) is 9.47 Å². The molecule has 0 saturated heterocycles. The molecule has 2 aromatic heterocycles. The highest BCUT2D eigenvalue weighted by atomic mass is 16.5. The minimum atomic E-state index is -0.396. The number of rotatable bonds is 10. The fourth-order valence-corrected chi connectivity index (χ4v) is 3.65. The molecule has 0 atom stereocenters. The topological polar surface area (TPSA) is 133 Å². The molecule has 5 aromatic rings. The van der Waals surface area contributed by atoms with Crippen LogP contribution in [0.3, 0.4) is 0 Å². The van der Waals surface area contributed by atoms with Gasteiger partial charge in [0.1, 0.15) is 11.5 Å². The first-order valence-corrected chi connectivity index (χ1v) is 11.8. The molecule has 2 amide bonds. The maximum Gasteiger partial charge on any atom is 0.277 e. The number of amides is 2. The first kappa shape index (κ1) is 24.3. The van der Waals surface area contributed by atoms with Crippen LogP contribution in [0.5, 0.6) is 11.5 Å². The Morgan fingerprint density at radius 1 is 0.658 bits per heavy atom. The van der Waals surface area contributed by atoms with E-state index in [2.05, 4.69) is 31.0 Å². The zero-order valence-corrected chi connectivity index (χ0v) is 20.2. The van der Waals surface area contributed by atoms with Crippen LogP contribution in [-0.2, 0) is 9.59 Å². The smallest absolute Gasteiger partial charge is 0.277 e. The van der Waals surface area contributed by atoms with E-state index in [1.807, 2.05) is 60.9 Å². The maximum absolute atomic E-state index is 12.0. The number of ether oxygens (including phenoxy) is 2. The van der Waals surface area contributed by atoms with E-state index >= 15 is 0 Å². The SMILES string of the molecule is O=C(COc1ccc(OCC(=O)N/N=C/c2ccc3cc[nH]c3c2)cc1)N/N=C/c1ccc2[nH]ccc2c1. The molecule has 10 heteroatoms. The van der Waals surface area contributed by atoms with Crippen molar-refractivity contribution in [1.82, 2.24) is 20.8 Å². The van der Waals surface area contributed by atoms with Gasteiger partial charge in [-0.05, 0) is 76.5 Å². The molecule has 5 rings (SSSR count). The third-order valence-electron chi connectivity index (χ3n) is 5.53. The predicted molar refractivity (Wildman–Crippen MR) is 146 cm³/mol. The van der Waals surface area contributed by atoms with Crippen LogP contribution in [0.15, 0.2) is 95.4 Å².